The molecule has 0 radical (unpaired) electrons. The van der Waals surface area contributed by atoms with Crippen molar-refractivity contribution in [3.05, 3.63) is 53.6 Å². The molecule has 196 valence electrons. The van der Waals surface area contributed by atoms with E-state index in [4.69, 9.17) is 14.2 Å². The lowest BCUT2D eigenvalue weighted by Gasteiger charge is -2.27. The molecule has 0 aliphatic carbocycles. The Hall–Kier alpha value is -3.31. The number of amides is 2. The zero-order valence-electron chi connectivity index (χ0n) is 21.0. The van der Waals surface area contributed by atoms with Gasteiger partial charge in [-0.2, -0.15) is 0 Å². The van der Waals surface area contributed by atoms with E-state index in [0.29, 0.717) is 55.5 Å². The quantitative estimate of drug-likeness (QED) is 0.512. The van der Waals surface area contributed by atoms with Crippen LogP contribution < -0.4 is 19.1 Å². The Kier molecular flexibility index (Phi) is 9.16. The Morgan fingerprint density at radius 2 is 1.69 bits per heavy atom. The van der Waals surface area contributed by atoms with Gasteiger partial charge in [-0.3, -0.25) is 13.9 Å². The highest BCUT2D eigenvalue weighted by Crippen LogP contribution is 2.31. The molecule has 2 aromatic rings. The van der Waals surface area contributed by atoms with Crippen molar-refractivity contribution in [2.75, 3.05) is 57.6 Å². The molecule has 0 saturated carbocycles. The second-order valence-corrected chi connectivity index (χ2v) is 10.3. The molecule has 11 heteroatoms. The van der Waals surface area contributed by atoms with E-state index in [-0.39, 0.29) is 11.9 Å². The van der Waals surface area contributed by atoms with E-state index in [0.717, 1.165) is 16.1 Å². The maximum absolute atomic E-state index is 12.9. The van der Waals surface area contributed by atoms with Crippen molar-refractivity contribution in [3.8, 4) is 11.5 Å². The lowest BCUT2D eigenvalue weighted by Crippen LogP contribution is -2.41. The Morgan fingerprint density at radius 3 is 2.25 bits per heavy atom. The summed E-state index contributed by atoms with van der Waals surface area (Å²) in [4.78, 5) is 27.3. The second-order valence-electron chi connectivity index (χ2n) is 8.36. The number of anilines is 1. The summed E-state index contributed by atoms with van der Waals surface area (Å²) < 4.78 is 42.0. The van der Waals surface area contributed by atoms with Crippen molar-refractivity contribution in [1.82, 2.24) is 10.2 Å². The van der Waals surface area contributed by atoms with Crippen molar-refractivity contribution >= 4 is 27.5 Å². The van der Waals surface area contributed by atoms with Gasteiger partial charge in [0.1, 0.15) is 6.54 Å². The van der Waals surface area contributed by atoms with Crippen molar-refractivity contribution < 1.29 is 32.2 Å². The van der Waals surface area contributed by atoms with E-state index in [2.05, 4.69) is 5.32 Å². The minimum absolute atomic E-state index is 0.144. The summed E-state index contributed by atoms with van der Waals surface area (Å²) in [6.07, 6.45) is 1.62. The molecule has 1 atom stereocenters. The zero-order valence-corrected chi connectivity index (χ0v) is 21.8. The third-order valence-corrected chi connectivity index (χ3v) is 7.08. The highest BCUT2D eigenvalue weighted by atomic mass is 32.2. The van der Waals surface area contributed by atoms with Crippen LogP contribution in [0.5, 0.6) is 11.5 Å². The third-order valence-electron chi connectivity index (χ3n) is 5.94. The van der Waals surface area contributed by atoms with Gasteiger partial charge in [0.2, 0.25) is 15.9 Å². The molecule has 1 fully saturated rings. The van der Waals surface area contributed by atoms with Gasteiger partial charge in [-0.05, 0) is 48.4 Å². The van der Waals surface area contributed by atoms with E-state index in [1.165, 1.54) is 19.2 Å². The smallest absolute Gasteiger partial charge is 0.254 e. The molecule has 2 amide bonds. The van der Waals surface area contributed by atoms with E-state index in [9.17, 15) is 18.0 Å². The van der Waals surface area contributed by atoms with Crippen molar-refractivity contribution in [2.45, 2.75) is 19.4 Å². The first-order valence-electron chi connectivity index (χ1n) is 11.6. The van der Waals surface area contributed by atoms with Crippen molar-refractivity contribution in [3.63, 3.8) is 0 Å². The standard InChI is InChI=1S/C25H33N3O7S/c1-5-21(19-8-11-22(33-2)23(16-19)34-3)26-24(29)17-28(36(4,31)32)20-9-6-18(7-10-20)25(30)27-12-14-35-15-13-27/h6-11,16,21H,5,12-15,17H2,1-4H3,(H,26,29). The number of ether oxygens (including phenoxy) is 3. The lowest BCUT2D eigenvalue weighted by molar-refractivity contribution is -0.120. The minimum atomic E-state index is -3.77. The van der Waals surface area contributed by atoms with Crippen LogP contribution in [0.25, 0.3) is 0 Å². The number of morpholine rings is 1. The second kappa shape index (κ2) is 12.1. The molecule has 0 bridgehead atoms. The Bertz CT molecular complexity index is 1160. The summed E-state index contributed by atoms with van der Waals surface area (Å²) in [7, 11) is -0.694. The van der Waals surface area contributed by atoms with Gasteiger partial charge in [-0.25, -0.2) is 8.42 Å². The fourth-order valence-electron chi connectivity index (χ4n) is 3.98. The van der Waals surface area contributed by atoms with Crippen LogP contribution in [0.1, 0.15) is 35.3 Å². The highest BCUT2D eigenvalue weighted by molar-refractivity contribution is 7.92. The Labute approximate surface area is 212 Å². The van der Waals surface area contributed by atoms with Gasteiger partial charge in [0.05, 0.1) is 45.4 Å². The largest absolute Gasteiger partial charge is 0.493 e. The maximum atomic E-state index is 12.9. The summed E-state index contributed by atoms with van der Waals surface area (Å²) in [5.74, 6) is 0.498. The SMILES string of the molecule is CCC(NC(=O)CN(c1ccc(C(=O)N2CCOCC2)cc1)S(C)(=O)=O)c1ccc(OC)c(OC)c1. The number of methoxy groups -OCH3 is 2. The van der Waals surface area contributed by atoms with Gasteiger partial charge in [0.25, 0.3) is 5.91 Å². The molecule has 10 nitrogen and oxygen atoms in total. The number of nitrogens with one attached hydrogen (secondary N) is 1. The minimum Gasteiger partial charge on any atom is -0.493 e. The van der Waals surface area contributed by atoms with Crippen LogP contribution in [0.3, 0.4) is 0 Å². The predicted octanol–water partition coefficient (Wildman–Crippen LogP) is 2.21. The molecule has 36 heavy (non-hydrogen) atoms. The average molecular weight is 520 g/mol. The first-order valence-corrected chi connectivity index (χ1v) is 13.5. The van der Waals surface area contributed by atoms with Gasteiger partial charge in [-0.1, -0.05) is 13.0 Å². The normalized spacial score (nSPS) is 14.6. The fraction of sp³-hybridized carbons (Fsp3) is 0.440. The summed E-state index contributed by atoms with van der Waals surface area (Å²) in [6.45, 7) is 3.51. The van der Waals surface area contributed by atoms with E-state index < -0.39 is 22.5 Å². The predicted molar refractivity (Wildman–Crippen MR) is 136 cm³/mol. The molecule has 0 spiro atoms. The summed E-state index contributed by atoms with van der Waals surface area (Å²) in [6, 6.07) is 11.2. The molecule has 3 rings (SSSR count). The van der Waals surface area contributed by atoms with E-state index in [1.54, 1.807) is 36.3 Å². The van der Waals surface area contributed by atoms with Crippen LogP contribution in [0, 0.1) is 0 Å². The number of hydrogen-bond acceptors (Lipinski definition) is 7. The number of rotatable bonds is 10. The molecule has 2 aromatic carbocycles. The van der Waals surface area contributed by atoms with Gasteiger partial charge in [-0.15, -0.1) is 0 Å². The van der Waals surface area contributed by atoms with Gasteiger partial charge >= 0.3 is 0 Å². The maximum Gasteiger partial charge on any atom is 0.254 e. The van der Waals surface area contributed by atoms with E-state index in [1.807, 2.05) is 13.0 Å². The van der Waals surface area contributed by atoms with Gasteiger partial charge in [0, 0.05) is 18.7 Å². The number of nitrogens with zero attached hydrogens (tertiary/aromatic N) is 2. The Morgan fingerprint density at radius 1 is 1.06 bits per heavy atom. The molecule has 1 heterocycles. The third kappa shape index (κ3) is 6.67. The van der Waals surface area contributed by atoms with Crippen LogP contribution >= 0.6 is 0 Å². The molecule has 1 N–H and O–H groups in total. The molecule has 1 aliphatic heterocycles. The topological polar surface area (TPSA) is 114 Å². The van der Waals surface area contributed by atoms with Crippen LogP contribution in [0.4, 0.5) is 5.69 Å². The number of benzene rings is 2. The summed E-state index contributed by atoms with van der Waals surface area (Å²) >= 11 is 0. The van der Waals surface area contributed by atoms with Crippen LogP contribution in [-0.4, -0.2) is 78.5 Å². The van der Waals surface area contributed by atoms with Crippen molar-refractivity contribution in [1.29, 1.82) is 0 Å². The fourth-order valence-corrected chi connectivity index (χ4v) is 4.84. The van der Waals surface area contributed by atoms with Gasteiger partial charge in [0.15, 0.2) is 11.5 Å². The lowest BCUT2D eigenvalue weighted by atomic mass is 10.0. The summed E-state index contributed by atoms with van der Waals surface area (Å²) in [5.41, 5.74) is 1.55. The Balaban J connectivity index is 1.74. The van der Waals surface area contributed by atoms with E-state index >= 15 is 0 Å². The van der Waals surface area contributed by atoms with Crippen LogP contribution in [0.2, 0.25) is 0 Å². The molecule has 0 aromatic heterocycles. The monoisotopic (exact) mass is 519 g/mol. The number of carbonyl (C=O) groups excluding carboxylic acids is 2. The molecule has 1 unspecified atom stereocenters. The molecule has 1 aliphatic rings. The average Bonchev–Trinajstić information content (AvgIpc) is 2.89. The summed E-state index contributed by atoms with van der Waals surface area (Å²) in [5, 5.41) is 2.90. The highest BCUT2D eigenvalue weighted by Gasteiger charge is 2.24. The zero-order chi connectivity index (χ0) is 26.3. The number of hydrogen-bond donors (Lipinski definition) is 1. The number of carbonyl (C=O) groups is 2. The number of sulfonamides is 1. The van der Waals surface area contributed by atoms with Crippen LogP contribution in [-0.2, 0) is 19.6 Å². The van der Waals surface area contributed by atoms with Crippen LogP contribution in [0.15, 0.2) is 42.5 Å². The molecular weight excluding hydrogens is 486 g/mol. The first-order chi connectivity index (χ1) is 17.2. The molecule has 1 saturated heterocycles. The van der Waals surface area contributed by atoms with Gasteiger partial charge < -0.3 is 24.4 Å². The first kappa shape index (κ1) is 27.3. The molecular formula is C25H33N3O7S. The van der Waals surface area contributed by atoms with Crippen molar-refractivity contribution in [2.24, 2.45) is 0 Å².